The van der Waals surface area contributed by atoms with E-state index in [9.17, 15) is 14.4 Å². The fraction of sp³-hybridized carbons (Fsp3) is 0.776. The molecule has 0 aliphatic rings. The van der Waals surface area contributed by atoms with Gasteiger partial charge in [-0.25, -0.2) is 0 Å². The third-order valence-electron chi connectivity index (χ3n) is 11.8. The number of carbonyl (C=O) groups excluding carboxylic acids is 3. The summed E-state index contributed by atoms with van der Waals surface area (Å²) >= 11 is 0. The number of ether oxygens (including phenoxy) is 3. The smallest absolute Gasteiger partial charge is 0.306 e. The van der Waals surface area contributed by atoms with Crippen molar-refractivity contribution in [3.8, 4) is 0 Å². The number of hydrogen-bond donors (Lipinski definition) is 0. The van der Waals surface area contributed by atoms with E-state index in [-0.39, 0.29) is 31.1 Å². The molecule has 0 amide bonds. The molecule has 0 heterocycles. The highest BCUT2D eigenvalue weighted by Crippen LogP contribution is 2.16. The van der Waals surface area contributed by atoms with Gasteiger partial charge in [-0.1, -0.05) is 248 Å². The molecule has 6 nitrogen and oxygen atoms in total. The average molecular weight is 895 g/mol. The van der Waals surface area contributed by atoms with Gasteiger partial charge in [-0.3, -0.25) is 14.4 Å². The summed E-state index contributed by atoms with van der Waals surface area (Å²) in [5, 5.41) is 0. The monoisotopic (exact) mass is 895 g/mol. The van der Waals surface area contributed by atoms with Gasteiger partial charge in [0.05, 0.1) is 0 Å². The Morgan fingerprint density at radius 2 is 0.609 bits per heavy atom. The lowest BCUT2D eigenvalue weighted by molar-refractivity contribution is -0.167. The third-order valence-corrected chi connectivity index (χ3v) is 11.8. The largest absolute Gasteiger partial charge is 0.462 e. The minimum atomic E-state index is -0.768. The number of hydrogen-bond acceptors (Lipinski definition) is 6. The highest BCUT2D eigenvalue weighted by Gasteiger charge is 2.19. The van der Waals surface area contributed by atoms with E-state index >= 15 is 0 Å². The summed E-state index contributed by atoms with van der Waals surface area (Å²) in [5.41, 5.74) is 0. The highest BCUT2D eigenvalue weighted by molar-refractivity contribution is 5.71. The van der Waals surface area contributed by atoms with Crippen LogP contribution in [0.25, 0.3) is 0 Å². The lowest BCUT2D eigenvalue weighted by Gasteiger charge is -2.18. The first-order chi connectivity index (χ1) is 31.5. The Morgan fingerprint density at radius 1 is 0.328 bits per heavy atom. The maximum atomic E-state index is 12.7. The van der Waals surface area contributed by atoms with Crippen molar-refractivity contribution in [1.82, 2.24) is 0 Å². The van der Waals surface area contributed by atoms with Crippen molar-refractivity contribution in [2.75, 3.05) is 13.2 Å². The van der Waals surface area contributed by atoms with E-state index in [2.05, 4.69) is 81.5 Å². The molecule has 0 spiro atoms. The van der Waals surface area contributed by atoms with E-state index in [0.29, 0.717) is 19.3 Å². The molecule has 0 radical (unpaired) electrons. The second-order valence-corrected chi connectivity index (χ2v) is 18.1. The molecule has 0 aromatic heterocycles. The van der Waals surface area contributed by atoms with Crippen molar-refractivity contribution < 1.29 is 28.6 Å². The van der Waals surface area contributed by atoms with Crippen molar-refractivity contribution in [3.05, 3.63) is 60.8 Å². The summed E-state index contributed by atoms with van der Waals surface area (Å²) in [7, 11) is 0. The Bertz CT molecular complexity index is 1170. The molecule has 0 aliphatic heterocycles. The zero-order valence-corrected chi connectivity index (χ0v) is 42.3. The molecule has 1 unspecified atom stereocenters. The van der Waals surface area contributed by atoms with Crippen LogP contribution in [0.15, 0.2) is 60.8 Å². The van der Waals surface area contributed by atoms with E-state index in [1.807, 2.05) is 0 Å². The molecule has 0 aromatic carbocycles. The Labute approximate surface area is 396 Å². The molecule has 0 saturated heterocycles. The van der Waals surface area contributed by atoms with Crippen LogP contribution in [-0.4, -0.2) is 37.2 Å². The van der Waals surface area contributed by atoms with Gasteiger partial charge in [-0.05, 0) is 64.2 Å². The molecule has 6 heteroatoms. The van der Waals surface area contributed by atoms with Crippen LogP contribution >= 0.6 is 0 Å². The van der Waals surface area contributed by atoms with Crippen LogP contribution in [0.1, 0.15) is 271 Å². The fourth-order valence-electron chi connectivity index (χ4n) is 7.70. The maximum absolute atomic E-state index is 12.7. The summed E-state index contributed by atoms with van der Waals surface area (Å²) in [6, 6.07) is 0. The number of unbranched alkanes of at least 4 members (excludes halogenated alkanes) is 28. The number of esters is 3. The van der Waals surface area contributed by atoms with Crippen molar-refractivity contribution >= 4 is 17.9 Å². The van der Waals surface area contributed by atoms with E-state index in [0.717, 1.165) is 89.9 Å². The second kappa shape index (κ2) is 52.7. The standard InChI is InChI=1S/C58H102O6/c1-4-7-10-13-16-18-20-22-23-24-25-26-27-28-29-30-31-32-33-34-35-36-38-39-42-45-48-51-57(60)63-54-55(53-62-56(59)50-47-44-41-15-12-9-6-3)64-58(61)52-49-46-43-40-37-21-19-17-14-11-8-5-2/h7,10,16,18,22-23,25-26,28-29,55H,4-6,8-9,11-15,17,19-21,24,27,30-54H2,1-3H3/b10-7-,18-16-,23-22-,26-25-,29-28-. The van der Waals surface area contributed by atoms with Gasteiger partial charge in [0.1, 0.15) is 13.2 Å². The summed E-state index contributed by atoms with van der Waals surface area (Å²) in [6.07, 6.45) is 65.2. The van der Waals surface area contributed by atoms with Gasteiger partial charge in [0.15, 0.2) is 6.10 Å². The molecule has 370 valence electrons. The molecule has 1 atom stereocenters. The molecule has 0 saturated carbocycles. The van der Waals surface area contributed by atoms with Gasteiger partial charge in [-0.2, -0.15) is 0 Å². The Balaban J connectivity index is 4.10. The van der Waals surface area contributed by atoms with Gasteiger partial charge >= 0.3 is 17.9 Å². The van der Waals surface area contributed by atoms with E-state index in [4.69, 9.17) is 14.2 Å². The first kappa shape index (κ1) is 61.1. The molecule has 0 rings (SSSR count). The lowest BCUT2D eigenvalue weighted by Crippen LogP contribution is -2.30. The maximum Gasteiger partial charge on any atom is 0.306 e. The minimum Gasteiger partial charge on any atom is -0.462 e. The molecular formula is C58H102O6. The van der Waals surface area contributed by atoms with Crippen molar-refractivity contribution in [2.45, 2.75) is 277 Å². The fourth-order valence-corrected chi connectivity index (χ4v) is 7.70. The molecule has 0 fully saturated rings. The van der Waals surface area contributed by atoms with Gasteiger partial charge in [0.25, 0.3) is 0 Å². The zero-order chi connectivity index (χ0) is 46.5. The predicted molar refractivity (Wildman–Crippen MR) is 275 cm³/mol. The molecular weight excluding hydrogens is 793 g/mol. The number of allylic oxidation sites excluding steroid dienone is 10. The van der Waals surface area contributed by atoms with Crippen LogP contribution in [0.3, 0.4) is 0 Å². The number of carbonyl (C=O) groups is 3. The third kappa shape index (κ3) is 50.1. The highest BCUT2D eigenvalue weighted by atomic mass is 16.6. The van der Waals surface area contributed by atoms with Crippen LogP contribution in [0.4, 0.5) is 0 Å². The van der Waals surface area contributed by atoms with Gasteiger partial charge in [0, 0.05) is 19.3 Å². The topological polar surface area (TPSA) is 78.9 Å². The Morgan fingerprint density at radius 3 is 0.953 bits per heavy atom. The van der Waals surface area contributed by atoms with E-state index in [1.165, 1.54) is 141 Å². The number of rotatable bonds is 49. The quantitative estimate of drug-likeness (QED) is 0.0262. The summed E-state index contributed by atoms with van der Waals surface area (Å²) in [4.78, 5) is 37.8. The van der Waals surface area contributed by atoms with Crippen molar-refractivity contribution in [1.29, 1.82) is 0 Å². The van der Waals surface area contributed by atoms with E-state index in [1.54, 1.807) is 0 Å². The van der Waals surface area contributed by atoms with Crippen LogP contribution in [-0.2, 0) is 28.6 Å². The second-order valence-electron chi connectivity index (χ2n) is 18.1. The molecule has 0 bridgehead atoms. The van der Waals surface area contributed by atoms with E-state index < -0.39 is 6.10 Å². The van der Waals surface area contributed by atoms with Crippen LogP contribution < -0.4 is 0 Å². The molecule has 0 N–H and O–H groups in total. The van der Waals surface area contributed by atoms with Gasteiger partial charge in [-0.15, -0.1) is 0 Å². The lowest BCUT2D eigenvalue weighted by atomic mass is 10.0. The summed E-state index contributed by atoms with van der Waals surface area (Å²) in [6.45, 7) is 6.49. The Kier molecular flexibility index (Phi) is 50.4. The molecule has 64 heavy (non-hydrogen) atoms. The predicted octanol–water partition coefficient (Wildman–Crippen LogP) is 18.0. The van der Waals surface area contributed by atoms with Crippen molar-refractivity contribution in [2.24, 2.45) is 0 Å². The van der Waals surface area contributed by atoms with Gasteiger partial charge in [0.2, 0.25) is 0 Å². The van der Waals surface area contributed by atoms with Crippen LogP contribution in [0.5, 0.6) is 0 Å². The summed E-state index contributed by atoms with van der Waals surface area (Å²) in [5.74, 6) is -0.874. The first-order valence-corrected chi connectivity index (χ1v) is 27.3. The molecule has 0 aromatic rings. The normalized spacial score (nSPS) is 12.5. The molecule has 0 aliphatic carbocycles. The van der Waals surface area contributed by atoms with Crippen LogP contribution in [0, 0.1) is 0 Å². The average Bonchev–Trinajstić information content (AvgIpc) is 3.29. The Hall–Kier alpha value is -2.89. The summed E-state index contributed by atoms with van der Waals surface area (Å²) < 4.78 is 16.7. The first-order valence-electron chi connectivity index (χ1n) is 27.3. The van der Waals surface area contributed by atoms with Gasteiger partial charge < -0.3 is 14.2 Å². The van der Waals surface area contributed by atoms with Crippen LogP contribution in [0.2, 0.25) is 0 Å². The van der Waals surface area contributed by atoms with Crippen molar-refractivity contribution in [3.63, 3.8) is 0 Å². The SMILES string of the molecule is CC/C=C\C/C=C\C/C=C\C/C=C\C/C=C\CCCCCCCCCCCCCC(=O)OCC(COC(=O)CCCCCCCCC)OC(=O)CCCCCCCCCCCCCC. The zero-order valence-electron chi connectivity index (χ0n) is 42.3. The minimum absolute atomic E-state index is 0.0715.